The van der Waals surface area contributed by atoms with Crippen LogP contribution in [-0.2, 0) is 14.4 Å². The Morgan fingerprint density at radius 1 is 1.00 bits per heavy atom. The van der Waals surface area contributed by atoms with Crippen LogP contribution >= 0.6 is 11.6 Å². The highest BCUT2D eigenvalue weighted by molar-refractivity contribution is 6.33. The van der Waals surface area contributed by atoms with Crippen LogP contribution in [0.25, 0.3) is 6.08 Å². The lowest BCUT2D eigenvalue weighted by atomic mass is 10.1. The third kappa shape index (κ3) is 4.54. The number of amides is 5. The minimum Gasteiger partial charge on any atom is -0.483 e. The van der Waals surface area contributed by atoms with Crippen LogP contribution in [0.15, 0.2) is 54.1 Å². The van der Waals surface area contributed by atoms with E-state index in [9.17, 15) is 19.2 Å². The van der Waals surface area contributed by atoms with Crippen LogP contribution in [0.1, 0.15) is 5.56 Å². The number of barbiturate groups is 1. The zero-order chi connectivity index (χ0) is 20.1. The van der Waals surface area contributed by atoms with Crippen LogP contribution in [0.3, 0.4) is 0 Å². The van der Waals surface area contributed by atoms with Crippen molar-refractivity contribution in [3.05, 3.63) is 64.7 Å². The summed E-state index contributed by atoms with van der Waals surface area (Å²) in [6.45, 7) is -0.317. The van der Waals surface area contributed by atoms with E-state index in [1.165, 1.54) is 6.08 Å². The molecule has 1 heterocycles. The van der Waals surface area contributed by atoms with Gasteiger partial charge in [0.2, 0.25) is 0 Å². The average molecular weight is 400 g/mol. The van der Waals surface area contributed by atoms with Gasteiger partial charge in [-0.15, -0.1) is 0 Å². The van der Waals surface area contributed by atoms with Crippen molar-refractivity contribution in [2.45, 2.75) is 0 Å². The number of imide groups is 2. The Labute approximate surface area is 164 Å². The highest BCUT2D eigenvalue weighted by atomic mass is 35.5. The van der Waals surface area contributed by atoms with E-state index >= 15 is 0 Å². The van der Waals surface area contributed by atoms with Gasteiger partial charge in [0, 0.05) is 5.56 Å². The normalized spacial score (nSPS) is 13.5. The second-order valence-electron chi connectivity index (χ2n) is 5.65. The molecule has 0 saturated carbocycles. The first-order valence-corrected chi connectivity index (χ1v) is 8.46. The zero-order valence-electron chi connectivity index (χ0n) is 14.3. The van der Waals surface area contributed by atoms with Gasteiger partial charge >= 0.3 is 6.03 Å². The Morgan fingerprint density at radius 2 is 1.64 bits per heavy atom. The van der Waals surface area contributed by atoms with E-state index in [0.717, 1.165) is 0 Å². The summed E-state index contributed by atoms with van der Waals surface area (Å²) in [5.41, 5.74) is 0.590. The van der Waals surface area contributed by atoms with Gasteiger partial charge < -0.3 is 10.1 Å². The molecule has 1 fully saturated rings. The summed E-state index contributed by atoms with van der Waals surface area (Å²) >= 11 is 5.99. The Kier molecular flexibility index (Phi) is 5.71. The summed E-state index contributed by atoms with van der Waals surface area (Å²) in [5, 5.41) is 6.99. The van der Waals surface area contributed by atoms with E-state index in [2.05, 4.69) is 5.32 Å². The fraction of sp³-hybridized carbons (Fsp3) is 0.0526. The first-order chi connectivity index (χ1) is 13.4. The number of anilines is 1. The predicted octanol–water partition coefficient (Wildman–Crippen LogP) is 2.11. The van der Waals surface area contributed by atoms with Crippen molar-refractivity contribution < 1.29 is 23.9 Å². The molecule has 0 spiro atoms. The number of nitrogens with one attached hydrogen (secondary N) is 3. The molecule has 0 aliphatic carbocycles. The summed E-state index contributed by atoms with van der Waals surface area (Å²) in [7, 11) is 0. The molecule has 142 valence electrons. The maximum Gasteiger partial charge on any atom is 0.328 e. The van der Waals surface area contributed by atoms with Crippen LogP contribution in [0.4, 0.5) is 10.5 Å². The second-order valence-corrected chi connectivity index (χ2v) is 6.06. The smallest absolute Gasteiger partial charge is 0.328 e. The molecule has 1 aliphatic rings. The molecule has 9 heteroatoms. The standard InChI is InChI=1S/C19H14ClN3O5/c20-13-6-2-3-7-14(13)21-16(24)10-28-15-8-4-1-5-11(15)9-12-17(25)22-19(27)23-18(12)26/h1-9H,10H2,(H,21,24)(H2,22,23,25,26,27). The third-order valence-corrected chi connectivity index (χ3v) is 4.00. The summed E-state index contributed by atoms with van der Waals surface area (Å²) in [6.07, 6.45) is 1.28. The Morgan fingerprint density at radius 3 is 2.36 bits per heavy atom. The number of ether oxygens (including phenoxy) is 1. The van der Waals surface area contributed by atoms with Crippen LogP contribution in [0, 0.1) is 0 Å². The van der Waals surface area contributed by atoms with Crippen molar-refractivity contribution in [3.8, 4) is 5.75 Å². The average Bonchev–Trinajstić information content (AvgIpc) is 2.65. The third-order valence-electron chi connectivity index (χ3n) is 3.67. The maximum atomic E-state index is 12.1. The van der Waals surface area contributed by atoms with Gasteiger partial charge in [0.15, 0.2) is 6.61 Å². The molecule has 5 amide bonds. The minimum absolute atomic E-state index is 0.254. The Hall–Kier alpha value is -3.65. The second kappa shape index (κ2) is 8.36. The fourth-order valence-corrected chi connectivity index (χ4v) is 2.57. The summed E-state index contributed by atoms with van der Waals surface area (Å²) in [4.78, 5) is 46.9. The van der Waals surface area contributed by atoms with Gasteiger partial charge in [0.1, 0.15) is 11.3 Å². The highest BCUT2D eigenvalue weighted by Crippen LogP contribution is 2.23. The molecule has 0 atom stereocenters. The number of benzene rings is 2. The molecule has 28 heavy (non-hydrogen) atoms. The number of hydrogen-bond donors (Lipinski definition) is 3. The summed E-state index contributed by atoms with van der Waals surface area (Å²) in [6, 6.07) is 12.4. The lowest BCUT2D eigenvalue weighted by Gasteiger charge is -2.15. The van der Waals surface area contributed by atoms with Gasteiger partial charge in [-0.1, -0.05) is 41.9 Å². The number of carbonyl (C=O) groups is 4. The molecule has 3 N–H and O–H groups in total. The number of rotatable bonds is 5. The fourth-order valence-electron chi connectivity index (χ4n) is 2.39. The number of halogens is 1. The predicted molar refractivity (Wildman–Crippen MR) is 102 cm³/mol. The topological polar surface area (TPSA) is 114 Å². The summed E-state index contributed by atoms with van der Waals surface area (Å²) < 4.78 is 5.51. The first kappa shape index (κ1) is 19.1. The van der Waals surface area contributed by atoms with E-state index in [0.29, 0.717) is 16.3 Å². The van der Waals surface area contributed by atoms with Crippen molar-refractivity contribution >= 4 is 47.1 Å². The Balaban J connectivity index is 1.72. The van der Waals surface area contributed by atoms with Crippen LogP contribution in [-0.4, -0.2) is 30.4 Å². The SMILES string of the molecule is O=C(COc1ccccc1C=C1C(=O)NC(=O)NC1=O)Nc1ccccc1Cl. The monoisotopic (exact) mass is 399 g/mol. The lowest BCUT2D eigenvalue weighted by Crippen LogP contribution is -2.51. The molecule has 0 unspecified atom stereocenters. The van der Waals surface area contributed by atoms with Gasteiger partial charge in [-0.05, 0) is 24.3 Å². The van der Waals surface area contributed by atoms with E-state index in [1.807, 2.05) is 10.6 Å². The maximum absolute atomic E-state index is 12.1. The minimum atomic E-state index is -0.882. The van der Waals surface area contributed by atoms with Gasteiger partial charge in [-0.2, -0.15) is 0 Å². The Bertz CT molecular complexity index is 981. The molecule has 1 saturated heterocycles. The number of urea groups is 1. The van der Waals surface area contributed by atoms with Gasteiger partial charge in [0.25, 0.3) is 17.7 Å². The van der Waals surface area contributed by atoms with E-state index in [1.54, 1.807) is 48.5 Å². The number of para-hydroxylation sites is 2. The van der Waals surface area contributed by atoms with E-state index in [4.69, 9.17) is 16.3 Å². The number of carbonyl (C=O) groups excluding carboxylic acids is 4. The number of hydrogen-bond acceptors (Lipinski definition) is 5. The highest BCUT2D eigenvalue weighted by Gasteiger charge is 2.28. The van der Waals surface area contributed by atoms with E-state index in [-0.39, 0.29) is 17.9 Å². The molecule has 8 nitrogen and oxygen atoms in total. The van der Waals surface area contributed by atoms with Crippen LogP contribution < -0.4 is 20.7 Å². The molecule has 2 aromatic carbocycles. The largest absolute Gasteiger partial charge is 0.483 e. The molecule has 0 bridgehead atoms. The van der Waals surface area contributed by atoms with Crippen LogP contribution in [0.5, 0.6) is 5.75 Å². The molecular weight excluding hydrogens is 386 g/mol. The van der Waals surface area contributed by atoms with Crippen molar-refractivity contribution in [3.63, 3.8) is 0 Å². The molecule has 2 aromatic rings. The molecule has 3 rings (SSSR count). The van der Waals surface area contributed by atoms with Crippen molar-refractivity contribution in [1.82, 2.24) is 10.6 Å². The van der Waals surface area contributed by atoms with Gasteiger partial charge in [-0.25, -0.2) is 4.79 Å². The van der Waals surface area contributed by atoms with Gasteiger partial charge in [0.05, 0.1) is 10.7 Å². The lowest BCUT2D eigenvalue weighted by molar-refractivity contribution is -0.124. The molecule has 1 aliphatic heterocycles. The van der Waals surface area contributed by atoms with Crippen LogP contribution in [0.2, 0.25) is 5.02 Å². The summed E-state index contributed by atoms with van der Waals surface area (Å²) in [5.74, 6) is -1.80. The van der Waals surface area contributed by atoms with E-state index < -0.39 is 23.8 Å². The van der Waals surface area contributed by atoms with Crippen molar-refractivity contribution in [1.29, 1.82) is 0 Å². The van der Waals surface area contributed by atoms with Crippen molar-refractivity contribution in [2.75, 3.05) is 11.9 Å². The molecule has 0 aromatic heterocycles. The molecule has 0 radical (unpaired) electrons. The van der Waals surface area contributed by atoms with Crippen molar-refractivity contribution in [2.24, 2.45) is 0 Å². The zero-order valence-corrected chi connectivity index (χ0v) is 15.1. The van der Waals surface area contributed by atoms with Gasteiger partial charge in [-0.3, -0.25) is 25.0 Å². The first-order valence-electron chi connectivity index (χ1n) is 8.08. The quantitative estimate of drug-likeness (QED) is 0.526. The molecular formula is C19H14ClN3O5.